The minimum Gasteiger partial charge on any atom is -0.352 e. The minimum absolute atomic E-state index is 0.0308. The highest BCUT2D eigenvalue weighted by atomic mass is 35.5. The summed E-state index contributed by atoms with van der Waals surface area (Å²) in [6.45, 7) is 0. The number of amides is 1. The van der Waals surface area contributed by atoms with Crippen LogP contribution in [0.5, 0.6) is 0 Å². The molecule has 1 aromatic heterocycles. The molecule has 2 N–H and O–H groups in total. The third-order valence-electron chi connectivity index (χ3n) is 2.66. The van der Waals surface area contributed by atoms with Gasteiger partial charge in [-0.2, -0.15) is 5.10 Å². The van der Waals surface area contributed by atoms with E-state index in [-0.39, 0.29) is 23.4 Å². The number of aryl methyl sites for hydroxylation is 1. The molecule has 0 radical (unpaired) electrons. The Bertz CT molecular complexity index is 458. The van der Waals surface area contributed by atoms with Crippen LogP contribution in [0.25, 0.3) is 0 Å². The molecule has 0 bridgehead atoms. The first-order valence-electron chi connectivity index (χ1n) is 5.12. The average molecular weight is 242 g/mol. The van der Waals surface area contributed by atoms with Gasteiger partial charge in [0.25, 0.3) is 5.56 Å². The van der Waals surface area contributed by atoms with E-state index >= 15 is 0 Å². The number of hydrogen-bond donors (Lipinski definition) is 2. The topological polar surface area (TPSA) is 74.8 Å². The summed E-state index contributed by atoms with van der Waals surface area (Å²) in [7, 11) is 0. The Morgan fingerprint density at radius 1 is 1.69 bits per heavy atom. The normalized spacial score (nSPS) is 18.9. The number of rotatable bonds is 2. The fourth-order valence-corrected chi connectivity index (χ4v) is 2.01. The number of hydrogen-bond acceptors (Lipinski definition) is 3. The molecule has 5 nitrogen and oxygen atoms in total. The van der Waals surface area contributed by atoms with Crippen molar-refractivity contribution in [2.24, 2.45) is 0 Å². The van der Waals surface area contributed by atoms with Gasteiger partial charge in [0.1, 0.15) is 5.88 Å². The first-order valence-corrected chi connectivity index (χ1v) is 5.65. The van der Waals surface area contributed by atoms with Crippen molar-refractivity contribution in [3.8, 4) is 0 Å². The molecule has 1 amide bonds. The van der Waals surface area contributed by atoms with Crippen LogP contribution in [0, 0.1) is 0 Å². The Kier molecular flexibility index (Phi) is 3.24. The fourth-order valence-electron chi connectivity index (χ4n) is 1.93. The van der Waals surface area contributed by atoms with Crippen LogP contribution in [-0.4, -0.2) is 28.0 Å². The maximum Gasteiger partial charge on any atom is 0.264 e. The van der Waals surface area contributed by atoms with Gasteiger partial charge in [0.05, 0.1) is 5.69 Å². The van der Waals surface area contributed by atoms with Gasteiger partial charge in [-0.15, -0.1) is 11.6 Å². The van der Waals surface area contributed by atoms with Crippen LogP contribution in [0.1, 0.15) is 17.7 Å². The minimum atomic E-state index is -0.205. The number of nitrogens with one attached hydrogen (secondary N) is 2. The Balaban J connectivity index is 2.11. The van der Waals surface area contributed by atoms with Crippen LogP contribution in [0.2, 0.25) is 0 Å². The smallest absolute Gasteiger partial charge is 0.264 e. The van der Waals surface area contributed by atoms with Gasteiger partial charge < -0.3 is 5.32 Å². The second-order valence-corrected chi connectivity index (χ2v) is 4.11. The zero-order valence-electron chi connectivity index (χ0n) is 8.62. The number of carbonyl (C=O) groups excluding carboxylic acids is 1. The predicted octanol–water partition coefficient (Wildman–Crippen LogP) is -0.0178. The van der Waals surface area contributed by atoms with Gasteiger partial charge in [-0.3, -0.25) is 9.59 Å². The van der Waals surface area contributed by atoms with Gasteiger partial charge in [0.15, 0.2) is 0 Å². The van der Waals surface area contributed by atoms with Gasteiger partial charge in [0, 0.05) is 12.1 Å². The summed E-state index contributed by atoms with van der Waals surface area (Å²) in [5.74, 6) is -0.204. The van der Waals surface area contributed by atoms with Crippen molar-refractivity contribution in [1.82, 2.24) is 15.5 Å². The van der Waals surface area contributed by atoms with Gasteiger partial charge >= 0.3 is 0 Å². The van der Waals surface area contributed by atoms with Gasteiger partial charge in [-0.25, -0.2) is 5.10 Å². The molecule has 1 heterocycles. The maximum atomic E-state index is 11.1. The molecule has 0 spiro atoms. The van der Waals surface area contributed by atoms with Crippen LogP contribution < -0.4 is 10.9 Å². The molecule has 0 fully saturated rings. The molecule has 1 unspecified atom stereocenters. The number of carbonyl (C=O) groups is 1. The molecule has 1 aliphatic rings. The summed E-state index contributed by atoms with van der Waals surface area (Å²) >= 11 is 5.42. The van der Waals surface area contributed by atoms with E-state index in [1.165, 1.54) is 0 Å². The molecular formula is C10H12ClN3O2. The second kappa shape index (κ2) is 4.65. The molecule has 2 rings (SSSR count). The maximum absolute atomic E-state index is 11.1. The zero-order chi connectivity index (χ0) is 11.5. The van der Waals surface area contributed by atoms with Crippen LogP contribution in [0.15, 0.2) is 10.9 Å². The van der Waals surface area contributed by atoms with Crippen molar-refractivity contribution in [2.75, 3.05) is 5.88 Å². The molecule has 0 aromatic carbocycles. The Morgan fingerprint density at radius 2 is 2.50 bits per heavy atom. The van der Waals surface area contributed by atoms with Crippen LogP contribution in [0.4, 0.5) is 0 Å². The SMILES string of the molecule is O=C(CCl)NC1CCc2n[nH]c(=O)cc2C1. The highest BCUT2D eigenvalue weighted by Crippen LogP contribution is 2.17. The van der Waals surface area contributed by atoms with E-state index < -0.39 is 0 Å². The van der Waals surface area contributed by atoms with Crippen molar-refractivity contribution in [3.63, 3.8) is 0 Å². The van der Waals surface area contributed by atoms with Crippen molar-refractivity contribution >= 4 is 17.5 Å². The lowest BCUT2D eigenvalue weighted by Crippen LogP contribution is -2.40. The van der Waals surface area contributed by atoms with E-state index in [4.69, 9.17) is 11.6 Å². The summed E-state index contributed by atoms with van der Waals surface area (Å²) < 4.78 is 0. The lowest BCUT2D eigenvalue weighted by Gasteiger charge is -2.23. The summed E-state index contributed by atoms with van der Waals surface area (Å²) in [6.07, 6.45) is 2.24. The number of halogens is 1. The quantitative estimate of drug-likeness (QED) is 0.715. The second-order valence-electron chi connectivity index (χ2n) is 3.84. The van der Waals surface area contributed by atoms with Crippen LogP contribution >= 0.6 is 11.6 Å². The predicted molar refractivity (Wildman–Crippen MR) is 59.5 cm³/mol. The molecule has 0 saturated heterocycles. The summed E-state index contributed by atoms with van der Waals surface area (Å²) in [5.41, 5.74) is 1.62. The van der Waals surface area contributed by atoms with E-state index in [0.717, 1.165) is 24.1 Å². The number of fused-ring (bicyclic) bond motifs is 1. The molecule has 0 saturated carbocycles. The molecule has 1 aliphatic carbocycles. The monoisotopic (exact) mass is 241 g/mol. The van der Waals surface area contributed by atoms with Crippen LogP contribution in [-0.2, 0) is 17.6 Å². The van der Waals surface area contributed by atoms with Crippen molar-refractivity contribution in [1.29, 1.82) is 0 Å². The average Bonchev–Trinajstić information content (AvgIpc) is 2.28. The van der Waals surface area contributed by atoms with Gasteiger partial charge in [-0.1, -0.05) is 0 Å². The van der Waals surface area contributed by atoms with Crippen LogP contribution in [0.3, 0.4) is 0 Å². The van der Waals surface area contributed by atoms with E-state index in [0.29, 0.717) is 6.42 Å². The Morgan fingerprint density at radius 3 is 3.25 bits per heavy atom. The molecule has 16 heavy (non-hydrogen) atoms. The first-order chi connectivity index (χ1) is 7.69. The largest absolute Gasteiger partial charge is 0.352 e. The molecular weight excluding hydrogens is 230 g/mol. The van der Waals surface area contributed by atoms with Gasteiger partial charge in [0.2, 0.25) is 5.91 Å². The van der Waals surface area contributed by atoms with Crippen molar-refractivity contribution in [3.05, 3.63) is 27.7 Å². The summed E-state index contributed by atoms with van der Waals surface area (Å²) in [6, 6.07) is 1.60. The molecule has 86 valence electrons. The summed E-state index contributed by atoms with van der Waals surface area (Å²) in [5, 5.41) is 9.21. The lowest BCUT2D eigenvalue weighted by molar-refractivity contribution is -0.119. The third kappa shape index (κ3) is 2.41. The number of H-pyrrole nitrogens is 1. The fraction of sp³-hybridized carbons (Fsp3) is 0.500. The lowest BCUT2D eigenvalue weighted by atomic mass is 9.92. The van der Waals surface area contributed by atoms with E-state index in [9.17, 15) is 9.59 Å². The van der Waals surface area contributed by atoms with E-state index in [1.54, 1.807) is 6.07 Å². The van der Waals surface area contributed by atoms with E-state index in [1.807, 2.05) is 0 Å². The standard InChI is InChI=1S/C10H12ClN3O2/c11-5-10(16)12-7-1-2-8-6(3-7)4-9(15)14-13-8/h4,7H,1-3,5H2,(H,12,16)(H,14,15). The number of aromatic amines is 1. The van der Waals surface area contributed by atoms with E-state index in [2.05, 4.69) is 15.5 Å². The zero-order valence-corrected chi connectivity index (χ0v) is 9.38. The Hall–Kier alpha value is -1.36. The van der Waals surface area contributed by atoms with Gasteiger partial charge in [-0.05, 0) is 24.8 Å². The first kappa shape index (κ1) is 11.1. The molecule has 6 heteroatoms. The van der Waals surface area contributed by atoms with Crippen molar-refractivity contribution < 1.29 is 4.79 Å². The highest BCUT2D eigenvalue weighted by Gasteiger charge is 2.21. The van der Waals surface area contributed by atoms with Crippen molar-refractivity contribution in [2.45, 2.75) is 25.3 Å². The number of alkyl halides is 1. The number of nitrogens with zero attached hydrogens (tertiary/aromatic N) is 1. The summed E-state index contributed by atoms with van der Waals surface area (Å²) in [4.78, 5) is 22.2. The Labute approximate surface area is 97.2 Å². The number of aromatic nitrogens is 2. The highest BCUT2D eigenvalue weighted by molar-refractivity contribution is 6.27. The molecule has 0 aliphatic heterocycles. The molecule has 1 atom stereocenters. The third-order valence-corrected chi connectivity index (χ3v) is 2.90. The molecule has 1 aromatic rings.